The predicted molar refractivity (Wildman–Crippen MR) is 124 cm³/mol. The molecule has 35 heavy (non-hydrogen) atoms. The number of nitrogens with zero attached hydrogens (tertiary/aromatic N) is 5. The number of urea groups is 1. The number of hydrogen-bond acceptors (Lipinski definition) is 4. The van der Waals surface area contributed by atoms with Crippen molar-refractivity contribution in [3.05, 3.63) is 66.4 Å². The number of pyridine rings is 1. The fourth-order valence-corrected chi connectivity index (χ4v) is 4.00. The zero-order valence-corrected chi connectivity index (χ0v) is 19.5. The summed E-state index contributed by atoms with van der Waals surface area (Å²) in [6.07, 6.45) is 0.557. The quantitative estimate of drug-likeness (QED) is 0.556. The van der Waals surface area contributed by atoms with Gasteiger partial charge in [0, 0.05) is 18.4 Å². The summed E-state index contributed by atoms with van der Waals surface area (Å²) in [5, 5.41) is 2.47. The Balaban J connectivity index is 1.48. The van der Waals surface area contributed by atoms with Gasteiger partial charge in [0.25, 0.3) is 0 Å². The van der Waals surface area contributed by atoms with Gasteiger partial charge in [-0.1, -0.05) is 19.9 Å². The molecule has 8 nitrogen and oxygen atoms in total. The molecule has 1 fully saturated rings. The van der Waals surface area contributed by atoms with E-state index in [1.165, 1.54) is 17.0 Å². The molecule has 3 amide bonds. The molecule has 1 aliphatic heterocycles. The van der Waals surface area contributed by atoms with E-state index in [9.17, 15) is 22.8 Å². The standard InChI is InChI=1S/C24H25F3N6O2/c1-15(2)20-12-32(19-7-8-21(28-10-19)31-11-16(3)29-14-31)23(35)33(20)13-22(34)30-18-6-4-5-17(9-18)24(25,26)27/h4-11,14-15,20H,12-13H2,1-3H3,(H,30,34)/t20-/m1/s1. The first-order valence-corrected chi connectivity index (χ1v) is 11.0. The molecule has 0 spiro atoms. The van der Waals surface area contributed by atoms with Crippen molar-refractivity contribution in [2.24, 2.45) is 5.92 Å². The Morgan fingerprint density at radius 3 is 2.57 bits per heavy atom. The maximum Gasteiger partial charge on any atom is 0.416 e. The van der Waals surface area contributed by atoms with Crippen LogP contribution in [0, 0.1) is 12.8 Å². The number of amides is 3. The van der Waals surface area contributed by atoms with E-state index in [4.69, 9.17) is 0 Å². The molecule has 0 saturated carbocycles. The number of aromatic nitrogens is 3. The van der Waals surface area contributed by atoms with Gasteiger partial charge in [-0.15, -0.1) is 0 Å². The third kappa shape index (κ3) is 5.28. The topological polar surface area (TPSA) is 83.4 Å². The van der Waals surface area contributed by atoms with Crippen LogP contribution in [0.1, 0.15) is 25.1 Å². The maximum absolute atomic E-state index is 13.2. The number of nitrogens with one attached hydrogen (secondary N) is 1. The van der Waals surface area contributed by atoms with Crippen molar-refractivity contribution >= 4 is 23.3 Å². The first-order valence-electron chi connectivity index (χ1n) is 11.0. The summed E-state index contributed by atoms with van der Waals surface area (Å²) in [7, 11) is 0. The van der Waals surface area contributed by atoms with Crippen LogP contribution in [0.15, 0.2) is 55.1 Å². The summed E-state index contributed by atoms with van der Waals surface area (Å²) >= 11 is 0. The van der Waals surface area contributed by atoms with Crippen molar-refractivity contribution < 1.29 is 22.8 Å². The van der Waals surface area contributed by atoms with E-state index in [0.29, 0.717) is 18.1 Å². The Hall–Kier alpha value is -3.89. The molecular weight excluding hydrogens is 461 g/mol. The molecule has 3 aromatic rings. The first-order chi connectivity index (χ1) is 16.5. The second-order valence-electron chi connectivity index (χ2n) is 8.76. The van der Waals surface area contributed by atoms with Gasteiger partial charge < -0.3 is 10.2 Å². The van der Waals surface area contributed by atoms with Crippen molar-refractivity contribution in [2.45, 2.75) is 33.0 Å². The van der Waals surface area contributed by atoms with Crippen LogP contribution in [0.25, 0.3) is 5.82 Å². The van der Waals surface area contributed by atoms with Gasteiger partial charge in [-0.3, -0.25) is 14.3 Å². The number of carbonyl (C=O) groups is 2. The van der Waals surface area contributed by atoms with E-state index in [0.717, 1.165) is 17.8 Å². The highest BCUT2D eigenvalue weighted by Gasteiger charge is 2.40. The Labute approximate surface area is 200 Å². The zero-order chi connectivity index (χ0) is 25.3. The molecule has 11 heteroatoms. The van der Waals surface area contributed by atoms with Gasteiger partial charge in [-0.25, -0.2) is 14.8 Å². The van der Waals surface area contributed by atoms with Crippen LogP contribution in [0.3, 0.4) is 0 Å². The first kappa shape index (κ1) is 24.2. The van der Waals surface area contributed by atoms with E-state index in [1.807, 2.05) is 27.0 Å². The Morgan fingerprint density at radius 2 is 1.97 bits per heavy atom. The summed E-state index contributed by atoms with van der Waals surface area (Å²) in [4.78, 5) is 37.5. The molecule has 3 heterocycles. The molecule has 1 atom stereocenters. The lowest BCUT2D eigenvalue weighted by molar-refractivity contribution is -0.137. The Bertz CT molecular complexity index is 1220. The van der Waals surface area contributed by atoms with Gasteiger partial charge in [-0.2, -0.15) is 13.2 Å². The van der Waals surface area contributed by atoms with Crippen molar-refractivity contribution in [1.29, 1.82) is 0 Å². The normalized spacial score (nSPS) is 16.3. The molecular formula is C24H25F3N6O2. The minimum atomic E-state index is -4.52. The number of carbonyl (C=O) groups excluding carboxylic acids is 2. The third-order valence-electron chi connectivity index (χ3n) is 5.82. The number of anilines is 2. The molecule has 1 N–H and O–H groups in total. The van der Waals surface area contributed by atoms with E-state index >= 15 is 0 Å². The van der Waals surface area contributed by atoms with E-state index in [2.05, 4.69) is 15.3 Å². The Kier molecular flexibility index (Phi) is 6.51. The smallest absolute Gasteiger partial charge is 0.325 e. The number of benzene rings is 1. The van der Waals surface area contributed by atoms with Gasteiger partial charge in [0.05, 0.1) is 29.2 Å². The van der Waals surface area contributed by atoms with Crippen LogP contribution in [0.2, 0.25) is 0 Å². The number of hydrogen-bond donors (Lipinski definition) is 1. The van der Waals surface area contributed by atoms with Crippen LogP contribution in [0.5, 0.6) is 0 Å². The van der Waals surface area contributed by atoms with Crippen molar-refractivity contribution in [1.82, 2.24) is 19.4 Å². The molecule has 4 rings (SSSR count). The summed E-state index contributed by atoms with van der Waals surface area (Å²) in [6.45, 7) is 5.84. The molecule has 0 unspecified atom stereocenters. The van der Waals surface area contributed by atoms with Crippen LogP contribution >= 0.6 is 0 Å². The van der Waals surface area contributed by atoms with Crippen LogP contribution in [-0.4, -0.2) is 50.5 Å². The number of aryl methyl sites for hydroxylation is 1. The summed E-state index contributed by atoms with van der Waals surface area (Å²) in [6, 6.07) is 7.32. The maximum atomic E-state index is 13.2. The van der Waals surface area contributed by atoms with Crippen molar-refractivity contribution in [2.75, 3.05) is 23.3 Å². The summed E-state index contributed by atoms with van der Waals surface area (Å²) in [5.41, 5.74) is 0.593. The highest BCUT2D eigenvalue weighted by Crippen LogP contribution is 2.31. The number of imidazole rings is 1. The predicted octanol–water partition coefficient (Wildman–Crippen LogP) is 4.50. The lowest BCUT2D eigenvalue weighted by atomic mass is 10.0. The molecule has 1 aromatic carbocycles. The second kappa shape index (κ2) is 9.40. The van der Waals surface area contributed by atoms with Crippen molar-refractivity contribution in [3.63, 3.8) is 0 Å². The summed E-state index contributed by atoms with van der Waals surface area (Å²) in [5.74, 6) is 0.124. The lowest BCUT2D eigenvalue weighted by Crippen LogP contribution is -2.42. The highest BCUT2D eigenvalue weighted by molar-refractivity contribution is 5.99. The number of alkyl halides is 3. The molecule has 2 aromatic heterocycles. The summed E-state index contributed by atoms with van der Waals surface area (Å²) < 4.78 is 40.7. The average Bonchev–Trinajstić information content (AvgIpc) is 3.37. The third-order valence-corrected chi connectivity index (χ3v) is 5.82. The molecule has 1 aliphatic rings. The minimum absolute atomic E-state index is 0.0175. The Morgan fingerprint density at radius 1 is 1.20 bits per heavy atom. The zero-order valence-electron chi connectivity index (χ0n) is 19.5. The molecule has 1 saturated heterocycles. The monoisotopic (exact) mass is 486 g/mol. The highest BCUT2D eigenvalue weighted by atomic mass is 19.4. The van der Waals surface area contributed by atoms with Crippen LogP contribution < -0.4 is 10.2 Å². The van der Waals surface area contributed by atoms with Gasteiger partial charge >= 0.3 is 12.2 Å². The average molecular weight is 486 g/mol. The van der Waals surface area contributed by atoms with Crippen LogP contribution in [0.4, 0.5) is 29.3 Å². The van der Waals surface area contributed by atoms with Crippen molar-refractivity contribution in [3.8, 4) is 5.82 Å². The van der Waals surface area contributed by atoms with Crippen LogP contribution in [-0.2, 0) is 11.0 Å². The molecule has 184 valence electrons. The molecule has 0 aliphatic carbocycles. The van der Waals surface area contributed by atoms with Gasteiger partial charge in [0.2, 0.25) is 5.91 Å². The molecule has 0 radical (unpaired) electrons. The van der Waals surface area contributed by atoms with Gasteiger partial charge in [0.1, 0.15) is 18.7 Å². The fraction of sp³-hybridized carbons (Fsp3) is 0.333. The van der Waals surface area contributed by atoms with E-state index in [-0.39, 0.29) is 30.2 Å². The lowest BCUT2D eigenvalue weighted by Gasteiger charge is -2.25. The number of rotatable bonds is 6. The second-order valence-corrected chi connectivity index (χ2v) is 8.76. The largest absolute Gasteiger partial charge is 0.416 e. The number of halogens is 3. The van der Waals surface area contributed by atoms with E-state index in [1.54, 1.807) is 34.1 Å². The molecule has 0 bridgehead atoms. The minimum Gasteiger partial charge on any atom is -0.325 e. The fourth-order valence-electron chi connectivity index (χ4n) is 4.00. The van der Waals surface area contributed by atoms with E-state index < -0.39 is 17.6 Å². The SMILES string of the molecule is Cc1cn(-c2ccc(N3C[C@H](C(C)C)N(CC(=O)Nc4cccc(C(F)(F)F)c4)C3=O)cn2)cn1. The van der Waals surface area contributed by atoms with Gasteiger partial charge in [-0.05, 0) is 43.2 Å². The van der Waals surface area contributed by atoms with Gasteiger partial charge in [0.15, 0.2) is 0 Å².